The molecule has 0 unspecified atom stereocenters. The third-order valence-electron chi connectivity index (χ3n) is 4.10. The van der Waals surface area contributed by atoms with E-state index in [2.05, 4.69) is 0 Å². The van der Waals surface area contributed by atoms with Gasteiger partial charge >= 0.3 is 47.9 Å². The van der Waals surface area contributed by atoms with Gasteiger partial charge in [0.25, 0.3) is 11.3 Å². The van der Waals surface area contributed by atoms with Crippen molar-refractivity contribution in [1.82, 2.24) is 0 Å². The van der Waals surface area contributed by atoms with Gasteiger partial charge in [-0.15, -0.1) is 0 Å². The van der Waals surface area contributed by atoms with Crippen LogP contribution in [0.3, 0.4) is 0 Å². The molecule has 180 valence electrons. The summed E-state index contributed by atoms with van der Waals surface area (Å²) >= 11 is 0. The minimum Gasteiger partial charge on any atom is -0.226 e. The molecule has 0 aromatic rings. The van der Waals surface area contributed by atoms with Crippen LogP contribution in [0.1, 0.15) is 0 Å². The van der Waals surface area contributed by atoms with E-state index >= 15 is 0 Å². The van der Waals surface area contributed by atoms with Gasteiger partial charge in [0, 0.05) is 0 Å². The van der Waals surface area contributed by atoms with Gasteiger partial charge in [-0.1, -0.05) is 0 Å². The van der Waals surface area contributed by atoms with Gasteiger partial charge in [-0.3, -0.25) is 0 Å². The van der Waals surface area contributed by atoms with Crippen molar-refractivity contribution >= 4 is 0 Å². The Kier molecular flexibility index (Phi) is 5.05. The molecule has 0 bridgehead atoms. The fourth-order valence-corrected chi connectivity index (χ4v) is 2.48. The fourth-order valence-electron chi connectivity index (χ4n) is 2.48. The van der Waals surface area contributed by atoms with Crippen LogP contribution in [-0.4, -0.2) is 59.2 Å². The van der Waals surface area contributed by atoms with Crippen LogP contribution in [0.5, 0.6) is 0 Å². The predicted octanol–water partition coefficient (Wildman–Crippen LogP) is 6.35. The van der Waals surface area contributed by atoms with Gasteiger partial charge in [0.2, 0.25) is 0 Å². The highest BCUT2D eigenvalue weighted by molar-refractivity contribution is 5.37. The third kappa shape index (κ3) is 2.22. The Hall–Kier alpha value is -1.40. The van der Waals surface area contributed by atoms with E-state index in [0.29, 0.717) is 0 Å². The lowest BCUT2D eigenvalue weighted by Gasteiger charge is -2.58. The van der Waals surface area contributed by atoms with Crippen LogP contribution in [0, 0.1) is 0 Å². The zero-order valence-corrected chi connectivity index (χ0v) is 12.6. The quantitative estimate of drug-likeness (QED) is 0.388. The molecular formula is C10F20. The van der Waals surface area contributed by atoms with Crippen molar-refractivity contribution in [1.29, 1.82) is 0 Å². The monoisotopic (exact) mass is 500 g/mol. The first-order valence-corrected chi connectivity index (χ1v) is 6.28. The van der Waals surface area contributed by atoms with Gasteiger partial charge in [-0.25, -0.2) is 8.78 Å². The highest BCUT2D eigenvalue weighted by atomic mass is 19.4. The molecule has 1 aliphatic rings. The molecule has 1 fully saturated rings. The lowest BCUT2D eigenvalue weighted by atomic mass is 9.60. The molecule has 0 aromatic carbocycles. The number of alkyl halides is 20. The average Bonchev–Trinajstić information content (AvgIpc) is 2.48. The number of hydrogen-bond acceptors (Lipinski definition) is 0. The largest absolute Gasteiger partial charge is 0.457 e. The molecule has 0 aromatic heterocycles. The molecular weight excluding hydrogens is 500 g/mol. The Balaban J connectivity index is 4.47. The summed E-state index contributed by atoms with van der Waals surface area (Å²) < 4.78 is 261. The summed E-state index contributed by atoms with van der Waals surface area (Å²) in [6.07, 6.45) is -16.7. The highest BCUT2D eigenvalue weighted by Gasteiger charge is 3.10. The van der Waals surface area contributed by atoms with Crippen LogP contribution in [0.15, 0.2) is 0 Å². The van der Waals surface area contributed by atoms with E-state index < -0.39 is 59.2 Å². The topological polar surface area (TPSA) is 0 Å². The van der Waals surface area contributed by atoms with Crippen molar-refractivity contribution in [3.8, 4) is 0 Å². The van der Waals surface area contributed by atoms with Gasteiger partial charge in [0.1, 0.15) is 0 Å². The van der Waals surface area contributed by atoms with Gasteiger partial charge in [0.05, 0.1) is 0 Å². The number of hydrogen-bond donors (Lipinski definition) is 0. The molecule has 0 nitrogen and oxygen atoms in total. The van der Waals surface area contributed by atoms with Crippen molar-refractivity contribution in [2.45, 2.75) is 59.2 Å². The summed E-state index contributed by atoms with van der Waals surface area (Å²) in [4.78, 5) is 0. The zero-order valence-electron chi connectivity index (χ0n) is 12.6. The van der Waals surface area contributed by atoms with Crippen LogP contribution < -0.4 is 0 Å². The fraction of sp³-hybridized carbons (Fsp3) is 1.00. The Morgan fingerprint density at radius 3 is 0.600 bits per heavy atom. The van der Waals surface area contributed by atoms with Crippen molar-refractivity contribution in [2.75, 3.05) is 0 Å². The Morgan fingerprint density at radius 1 is 0.300 bits per heavy atom. The van der Waals surface area contributed by atoms with E-state index in [-0.39, 0.29) is 0 Å². The maximum absolute atomic E-state index is 14.2. The summed E-state index contributed by atoms with van der Waals surface area (Å²) in [6.45, 7) is 0. The van der Waals surface area contributed by atoms with Crippen molar-refractivity contribution in [3.63, 3.8) is 0 Å². The highest BCUT2D eigenvalue weighted by Crippen LogP contribution is 2.77. The first-order chi connectivity index (χ1) is 12.5. The lowest BCUT2D eigenvalue weighted by Crippen LogP contribution is -2.93. The molecule has 1 aliphatic carbocycles. The van der Waals surface area contributed by atoms with Gasteiger partial charge in [-0.05, 0) is 0 Å². The second-order valence-corrected chi connectivity index (χ2v) is 5.76. The second kappa shape index (κ2) is 5.69. The molecule has 0 saturated heterocycles. The standard InChI is InChI=1S/C10F20/c11-1(5(17,18)9(25,26)27)2(12,6(19,20)10(28,29)30)4(15,16)8(23,24)7(21,22)3(1,13)14/t1-,2-/m0/s1. The lowest BCUT2D eigenvalue weighted by molar-refractivity contribution is -0.532. The minimum atomic E-state index is -9.33. The third-order valence-corrected chi connectivity index (χ3v) is 4.10. The molecule has 0 spiro atoms. The summed E-state index contributed by atoms with van der Waals surface area (Å²) in [6, 6.07) is 0. The average molecular weight is 500 g/mol. The van der Waals surface area contributed by atoms with Gasteiger partial charge in [-0.2, -0.15) is 79.0 Å². The summed E-state index contributed by atoms with van der Waals surface area (Å²) in [5.74, 6) is -52.9. The summed E-state index contributed by atoms with van der Waals surface area (Å²) in [5, 5.41) is 0. The van der Waals surface area contributed by atoms with E-state index in [4.69, 9.17) is 0 Å². The number of halogens is 20. The minimum absolute atomic E-state index is 8.36. The predicted molar refractivity (Wildman–Crippen MR) is 49.5 cm³/mol. The molecule has 30 heavy (non-hydrogen) atoms. The zero-order chi connectivity index (χ0) is 25.0. The van der Waals surface area contributed by atoms with Gasteiger partial charge < -0.3 is 0 Å². The first-order valence-electron chi connectivity index (χ1n) is 6.28. The van der Waals surface area contributed by atoms with Crippen molar-refractivity contribution in [3.05, 3.63) is 0 Å². The Morgan fingerprint density at radius 2 is 0.467 bits per heavy atom. The van der Waals surface area contributed by atoms with Crippen LogP contribution in [-0.2, 0) is 0 Å². The molecule has 2 atom stereocenters. The smallest absolute Gasteiger partial charge is 0.226 e. The van der Waals surface area contributed by atoms with Crippen molar-refractivity contribution in [2.24, 2.45) is 0 Å². The number of rotatable bonds is 2. The maximum atomic E-state index is 14.2. The maximum Gasteiger partial charge on any atom is 0.457 e. The normalized spacial score (nSPS) is 34.0. The Bertz CT molecular complexity index is 633. The van der Waals surface area contributed by atoms with E-state index in [1.54, 1.807) is 0 Å². The molecule has 1 rings (SSSR count). The van der Waals surface area contributed by atoms with Gasteiger partial charge in [0.15, 0.2) is 0 Å². The summed E-state index contributed by atoms with van der Waals surface area (Å²) in [5.41, 5.74) is -18.7. The van der Waals surface area contributed by atoms with E-state index in [1.807, 2.05) is 0 Å². The molecule has 0 N–H and O–H groups in total. The SMILES string of the molecule is FC(F)(F)C(F)(F)[C@@]1(F)C(F)(F)C(F)(F)C(F)(F)C(F)(F)[C@]1(F)C(F)(F)C(F)(F)F. The van der Waals surface area contributed by atoms with E-state index in [0.717, 1.165) is 0 Å². The first kappa shape index (κ1) is 26.6. The summed E-state index contributed by atoms with van der Waals surface area (Å²) in [7, 11) is 0. The van der Waals surface area contributed by atoms with Crippen LogP contribution in [0.2, 0.25) is 0 Å². The molecule has 0 amide bonds. The molecule has 0 aliphatic heterocycles. The van der Waals surface area contributed by atoms with Crippen LogP contribution in [0.25, 0.3) is 0 Å². The molecule has 20 heteroatoms. The van der Waals surface area contributed by atoms with Crippen molar-refractivity contribution < 1.29 is 87.8 Å². The molecule has 0 radical (unpaired) electrons. The molecule has 0 heterocycles. The Labute approximate surface area is 148 Å². The van der Waals surface area contributed by atoms with Crippen LogP contribution in [0.4, 0.5) is 87.8 Å². The van der Waals surface area contributed by atoms with Crippen LogP contribution >= 0.6 is 0 Å². The molecule has 1 saturated carbocycles. The second-order valence-electron chi connectivity index (χ2n) is 5.76. The van der Waals surface area contributed by atoms with E-state index in [1.165, 1.54) is 0 Å². The van der Waals surface area contributed by atoms with E-state index in [9.17, 15) is 87.8 Å².